The predicted molar refractivity (Wildman–Crippen MR) is 61.5 cm³/mol. The summed E-state index contributed by atoms with van der Waals surface area (Å²) in [5.41, 5.74) is 3.88. The molecule has 2 heterocycles. The summed E-state index contributed by atoms with van der Waals surface area (Å²) in [4.78, 5) is 4.07. The molecule has 84 valence electrons. The van der Waals surface area contributed by atoms with Crippen LogP contribution in [0.1, 0.15) is 23.1 Å². The van der Waals surface area contributed by atoms with Crippen LogP contribution in [-0.4, -0.2) is 4.98 Å². The van der Waals surface area contributed by atoms with Crippen molar-refractivity contribution >= 4 is 0 Å². The van der Waals surface area contributed by atoms with Gasteiger partial charge in [0.1, 0.15) is 11.5 Å². The maximum absolute atomic E-state index is 5.55. The van der Waals surface area contributed by atoms with E-state index in [4.69, 9.17) is 10.3 Å². The maximum atomic E-state index is 5.55. The summed E-state index contributed by atoms with van der Waals surface area (Å²) >= 11 is 0. The Morgan fingerprint density at radius 2 is 2.31 bits per heavy atom. The Balaban J connectivity index is 2.12. The van der Waals surface area contributed by atoms with Crippen LogP contribution in [-0.2, 0) is 6.42 Å². The van der Waals surface area contributed by atoms with Crippen LogP contribution >= 0.6 is 0 Å². The van der Waals surface area contributed by atoms with Gasteiger partial charge in [-0.1, -0.05) is 6.07 Å². The lowest BCUT2D eigenvalue weighted by Gasteiger charge is -2.12. The molecule has 0 aromatic carbocycles. The Hall–Kier alpha value is -1.65. The zero-order valence-corrected chi connectivity index (χ0v) is 9.18. The van der Waals surface area contributed by atoms with E-state index in [9.17, 15) is 0 Å². The summed E-state index contributed by atoms with van der Waals surface area (Å²) in [5, 5.41) is 0. The number of nitrogens with two attached hydrogens (primary N) is 1. The topological polar surface area (TPSA) is 64.1 Å². The molecule has 0 fully saturated rings. The lowest BCUT2D eigenvalue weighted by molar-refractivity contribution is 0.403. The van der Waals surface area contributed by atoms with Gasteiger partial charge in [-0.15, -0.1) is 0 Å². The van der Waals surface area contributed by atoms with E-state index in [1.807, 2.05) is 37.4 Å². The van der Waals surface area contributed by atoms with E-state index in [1.165, 1.54) is 0 Å². The van der Waals surface area contributed by atoms with Crippen molar-refractivity contribution in [3.8, 4) is 0 Å². The Morgan fingerprint density at radius 1 is 1.44 bits per heavy atom. The number of aromatic nitrogens is 1. The first-order valence-electron chi connectivity index (χ1n) is 5.21. The minimum Gasteiger partial charge on any atom is -0.465 e. The van der Waals surface area contributed by atoms with Gasteiger partial charge in [0.15, 0.2) is 0 Å². The minimum atomic E-state index is -0.0158. The average Bonchev–Trinajstić information content (AvgIpc) is 2.74. The second-order valence-electron chi connectivity index (χ2n) is 3.73. The first kappa shape index (κ1) is 10.9. The van der Waals surface area contributed by atoms with E-state index in [1.54, 1.807) is 6.20 Å². The molecule has 0 radical (unpaired) electrons. The van der Waals surface area contributed by atoms with E-state index < -0.39 is 0 Å². The van der Waals surface area contributed by atoms with Crippen LogP contribution in [0.15, 0.2) is 41.1 Å². The molecule has 4 nitrogen and oxygen atoms in total. The van der Waals surface area contributed by atoms with Crippen molar-refractivity contribution in [2.24, 2.45) is 5.84 Å². The van der Waals surface area contributed by atoms with E-state index in [0.717, 1.165) is 23.5 Å². The third-order valence-corrected chi connectivity index (χ3v) is 2.47. The molecular weight excluding hydrogens is 202 g/mol. The summed E-state index contributed by atoms with van der Waals surface area (Å²) < 4.78 is 5.55. The molecule has 0 spiro atoms. The van der Waals surface area contributed by atoms with Crippen LogP contribution in [0.25, 0.3) is 0 Å². The summed E-state index contributed by atoms with van der Waals surface area (Å²) in [5.74, 6) is 7.27. The van der Waals surface area contributed by atoms with Gasteiger partial charge in [0, 0.05) is 12.4 Å². The van der Waals surface area contributed by atoms with Gasteiger partial charge in [-0.25, -0.2) is 5.43 Å². The number of aryl methyl sites for hydroxylation is 1. The summed E-state index contributed by atoms with van der Waals surface area (Å²) in [6, 6.07) is 7.79. The van der Waals surface area contributed by atoms with Gasteiger partial charge in [0.05, 0.1) is 6.04 Å². The summed E-state index contributed by atoms with van der Waals surface area (Å²) in [6.45, 7) is 1.92. The molecule has 0 aliphatic carbocycles. The van der Waals surface area contributed by atoms with Crippen molar-refractivity contribution in [3.63, 3.8) is 0 Å². The quantitative estimate of drug-likeness (QED) is 0.604. The molecule has 1 atom stereocenters. The van der Waals surface area contributed by atoms with Crippen LogP contribution in [0.5, 0.6) is 0 Å². The Bertz CT molecular complexity index is 439. The number of nitrogens with zero attached hydrogens (tertiary/aromatic N) is 1. The molecule has 4 heteroatoms. The predicted octanol–water partition coefficient (Wildman–Crippen LogP) is 1.73. The Kier molecular flexibility index (Phi) is 3.34. The Labute approximate surface area is 94.5 Å². The highest BCUT2D eigenvalue weighted by Crippen LogP contribution is 2.19. The molecule has 2 aromatic heterocycles. The van der Waals surface area contributed by atoms with Crippen molar-refractivity contribution in [2.75, 3.05) is 0 Å². The monoisotopic (exact) mass is 217 g/mol. The third-order valence-electron chi connectivity index (χ3n) is 2.47. The molecule has 0 aliphatic heterocycles. The molecule has 0 saturated heterocycles. The molecule has 16 heavy (non-hydrogen) atoms. The number of hydrogen-bond donors (Lipinski definition) is 2. The fourth-order valence-electron chi connectivity index (χ4n) is 1.64. The maximum Gasteiger partial charge on any atom is 0.122 e. The summed E-state index contributed by atoms with van der Waals surface area (Å²) in [6.07, 6.45) is 4.35. The average molecular weight is 217 g/mol. The highest BCUT2D eigenvalue weighted by atomic mass is 16.3. The van der Waals surface area contributed by atoms with E-state index >= 15 is 0 Å². The molecule has 0 bridgehead atoms. The normalized spacial score (nSPS) is 12.6. The fourth-order valence-corrected chi connectivity index (χ4v) is 1.64. The van der Waals surface area contributed by atoms with Crippen LogP contribution in [0.4, 0.5) is 0 Å². The number of hydrazine groups is 1. The Morgan fingerprint density at radius 3 is 2.88 bits per heavy atom. The molecule has 0 saturated carbocycles. The number of nitrogens with one attached hydrogen (secondary N) is 1. The molecular formula is C12H15N3O. The van der Waals surface area contributed by atoms with Crippen molar-refractivity contribution in [1.82, 2.24) is 10.4 Å². The SMILES string of the molecule is Cc1ccc(C(Cc2cccnc2)NN)o1. The molecule has 1 unspecified atom stereocenters. The second kappa shape index (κ2) is 4.92. The molecule has 0 aliphatic rings. The lowest BCUT2D eigenvalue weighted by atomic mass is 10.1. The van der Waals surface area contributed by atoms with Gasteiger partial charge >= 0.3 is 0 Å². The number of hydrogen-bond acceptors (Lipinski definition) is 4. The molecule has 0 amide bonds. The number of furan rings is 1. The standard InChI is InChI=1S/C12H15N3O/c1-9-4-5-12(16-9)11(15-13)7-10-3-2-6-14-8-10/h2-6,8,11,15H,7,13H2,1H3. The zero-order chi connectivity index (χ0) is 11.4. The van der Waals surface area contributed by atoms with Crippen molar-refractivity contribution < 1.29 is 4.42 Å². The molecule has 2 aromatic rings. The van der Waals surface area contributed by atoms with Gasteiger partial charge in [-0.05, 0) is 37.1 Å². The highest BCUT2D eigenvalue weighted by Gasteiger charge is 2.13. The number of pyridine rings is 1. The van der Waals surface area contributed by atoms with Crippen LogP contribution in [0, 0.1) is 6.92 Å². The van der Waals surface area contributed by atoms with E-state index in [-0.39, 0.29) is 6.04 Å². The molecule has 2 rings (SSSR count). The largest absolute Gasteiger partial charge is 0.465 e. The van der Waals surface area contributed by atoms with Gasteiger partial charge < -0.3 is 4.42 Å². The van der Waals surface area contributed by atoms with Gasteiger partial charge in [0.2, 0.25) is 0 Å². The highest BCUT2D eigenvalue weighted by molar-refractivity contribution is 5.16. The van der Waals surface area contributed by atoms with Crippen LogP contribution < -0.4 is 11.3 Å². The van der Waals surface area contributed by atoms with E-state index in [2.05, 4.69) is 10.4 Å². The van der Waals surface area contributed by atoms with E-state index in [0.29, 0.717) is 0 Å². The lowest BCUT2D eigenvalue weighted by Crippen LogP contribution is -2.29. The van der Waals surface area contributed by atoms with Gasteiger partial charge in [-0.3, -0.25) is 10.8 Å². The van der Waals surface area contributed by atoms with Gasteiger partial charge in [0.25, 0.3) is 0 Å². The first-order chi connectivity index (χ1) is 7.79. The second-order valence-corrected chi connectivity index (χ2v) is 3.73. The zero-order valence-electron chi connectivity index (χ0n) is 9.18. The first-order valence-corrected chi connectivity index (χ1v) is 5.21. The summed E-state index contributed by atoms with van der Waals surface area (Å²) in [7, 11) is 0. The smallest absolute Gasteiger partial charge is 0.122 e. The molecule has 3 N–H and O–H groups in total. The number of rotatable bonds is 4. The minimum absolute atomic E-state index is 0.0158. The van der Waals surface area contributed by atoms with Crippen molar-refractivity contribution in [2.45, 2.75) is 19.4 Å². The van der Waals surface area contributed by atoms with Crippen molar-refractivity contribution in [1.29, 1.82) is 0 Å². The fraction of sp³-hybridized carbons (Fsp3) is 0.250. The van der Waals surface area contributed by atoms with Gasteiger partial charge in [-0.2, -0.15) is 0 Å². The van der Waals surface area contributed by atoms with Crippen LogP contribution in [0.3, 0.4) is 0 Å². The third kappa shape index (κ3) is 2.48. The van der Waals surface area contributed by atoms with Crippen LogP contribution in [0.2, 0.25) is 0 Å². The van der Waals surface area contributed by atoms with Crippen molar-refractivity contribution in [3.05, 3.63) is 53.7 Å².